The summed E-state index contributed by atoms with van der Waals surface area (Å²) in [6.07, 6.45) is 6.36. The van der Waals surface area contributed by atoms with Crippen LogP contribution in [0.2, 0.25) is 5.02 Å². The van der Waals surface area contributed by atoms with Crippen LogP contribution in [0.3, 0.4) is 0 Å². The van der Waals surface area contributed by atoms with Crippen LogP contribution < -0.4 is 15.5 Å². The summed E-state index contributed by atoms with van der Waals surface area (Å²) in [5, 5.41) is 16.6. The first-order valence-electron chi connectivity index (χ1n) is 12.9. The molecule has 1 heterocycles. The molecule has 0 saturated carbocycles. The molecule has 0 aliphatic carbocycles. The van der Waals surface area contributed by atoms with E-state index in [4.69, 9.17) is 11.6 Å². The number of unbranched alkanes of at least 4 members (excludes halogenated alkanes) is 1. The second-order valence-corrected chi connectivity index (χ2v) is 10.0. The van der Waals surface area contributed by atoms with E-state index < -0.39 is 0 Å². The second kappa shape index (κ2) is 12.6. The molecule has 1 aliphatic rings. The Balaban J connectivity index is 1.24. The number of halogens is 1. The van der Waals surface area contributed by atoms with E-state index >= 15 is 0 Å². The maximum Gasteiger partial charge on any atom is 0.255 e. The van der Waals surface area contributed by atoms with Crippen LogP contribution in [-0.2, 0) is 6.42 Å². The molecule has 194 valence electrons. The summed E-state index contributed by atoms with van der Waals surface area (Å²) in [4.78, 5) is 27.3. The molecule has 37 heavy (non-hydrogen) atoms. The summed E-state index contributed by atoms with van der Waals surface area (Å²) in [6, 6.07) is 17.5. The maximum absolute atomic E-state index is 12.6. The molecule has 2 amide bonds. The van der Waals surface area contributed by atoms with Crippen LogP contribution in [-0.4, -0.2) is 36.6 Å². The number of amides is 2. The summed E-state index contributed by atoms with van der Waals surface area (Å²) >= 11 is 5.87. The van der Waals surface area contributed by atoms with Crippen molar-refractivity contribution in [3.63, 3.8) is 0 Å². The third-order valence-corrected chi connectivity index (χ3v) is 7.02. The molecule has 3 aromatic carbocycles. The number of anilines is 2. The number of hydrogen-bond donors (Lipinski definition) is 3. The van der Waals surface area contributed by atoms with Crippen LogP contribution in [0.15, 0.2) is 60.7 Å². The molecule has 0 atom stereocenters. The Labute approximate surface area is 223 Å². The number of benzene rings is 3. The molecule has 0 radical (unpaired) electrons. The largest absolute Gasteiger partial charge is 0.508 e. The van der Waals surface area contributed by atoms with Crippen LogP contribution in [0, 0.1) is 6.92 Å². The van der Waals surface area contributed by atoms with E-state index in [2.05, 4.69) is 21.6 Å². The third-order valence-electron chi connectivity index (χ3n) is 6.76. The minimum Gasteiger partial charge on any atom is -0.508 e. The fourth-order valence-electron chi connectivity index (χ4n) is 4.63. The van der Waals surface area contributed by atoms with Crippen LogP contribution in [0.5, 0.6) is 5.75 Å². The van der Waals surface area contributed by atoms with Crippen molar-refractivity contribution in [2.75, 3.05) is 29.9 Å². The van der Waals surface area contributed by atoms with Crippen molar-refractivity contribution in [2.45, 2.75) is 45.4 Å². The lowest BCUT2D eigenvalue weighted by molar-refractivity contribution is 0.0952. The zero-order chi connectivity index (χ0) is 26.2. The van der Waals surface area contributed by atoms with Crippen LogP contribution in [0.4, 0.5) is 11.4 Å². The highest BCUT2D eigenvalue weighted by molar-refractivity contribution is 6.30. The van der Waals surface area contributed by atoms with E-state index in [1.807, 2.05) is 13.0 Å². The average Bonchev–Trinajstić information content (AvgIpc) is 2.91. The van der Waals surface area contributed by atoms with Gasteiger partial charge >= 0.3 is 0 Å². The van der Waals surface area contributed by atoms with Crippen LogP contribution in [0.25, 0.3) is 0 Å². The first-order valence-corrected chi connectivity index (χ1v) is 13.3. The van der Waals surface area contributed by atoms with Gasteiger partial charge in [0.25, 0.3) is 11.8 Å². The first kappa shape index (κ1) is 26.6. The minimum atomic E-state index is -0.235. The SMILES string of the molecule is Cc1cc(CCCCNC(=O)c2ccc(NC(=O)c3ccc(Cl)cc3)cc2)c(N2CCCCC2)cc1O. The molecule has 1 saturated heterocycles. The van der Waals surface area contributed by atoms with Crippen molar-refractivity contribution in [3.8, 4) is 5.75 Å². The molecule has 4 rings (SSSR count). The topological polar surface area (TPSA) is 81.7 Å². The number of nitrogens with one attached hydrogen (secondary N) is 2. The Morgan fingerprint density at radius 3 is 2.24 bits per heavy atom. The number of piperidine rings is 1. The second-order valence-electron chi connectivity index (χ2n) is 9.57. The molecule has 0 bridgehead atoms. The number of aryl methyl sites for hydroxylation is 2. The Bertz CT molecular complexity index is 1220. The Morgan fingerprint density at radius 1 is 0.892 bits per heavy atom. The van der Waals surface area contributed by atoms with Gasteiger partial charge in [-0.2, -0.15) is 0 Å². The van der Waals surface area contributed by atoms with E-state index in [1.54, 1.807) is 48.5 Å². The number of nitrogens with zero attached hydrogens (tertiary/aromatic N) is 1. The summed E-state index contributed by atoms with van der Waals surface area (Å²) in [5.41, 5.74) is 4.99. The van der Waals surface area contributed by atoms with Crippen molar-refractivity contribution in [1.29, 1.82) is 0 Å². The smallest absolute Gasteiger partial charge is 0.255 e. The highest BCUT2D eigenvalue weighted by Crippen LogP contribution is 2.31. The van der Waals surface area contributed by atoms with Crippen molar-refractivity contribution in [2.24, 2.45) is 0 Å². The Hall–Kier alpha value is -3.51. The standard InChI is InChI=1S/C30H34ClN3O3/c1-21-19-24(27(20-28(21)35)34-17-5-2-6-18-34)7-3-4-16-32-29(36)22-10-14-26(15-11-22)33-30(37)23-8-12-25(31)13-9-23/h8-15,19-20,35H,2-7,16-18H2,1H3,(H,32,36)(H,33,37). The number of phenolic OH excluding ortho intramolecular Hbond substituents is 1. The maximum atomic E-state index is 12.6. The molecule has 0 aromatic heterocycles. The summed E-state index contributed by atoms with van der Waals surface area (Å²) in [6.45, 7) is 4.60. The van der Waals surface area contributed by atoms with Gasteiger partial charge in [-0.3, -0.25) is 9.59 Å². The van der Waals surface area contributed by atoms with Crippen molar-refractivity contribution < 1.29 is 14.7 Å². The molecule has 3 aromatic rings. The van der Waals surface area contributed by atoms with E-state index in [9.17, 15) is 14.7 Å². The zero-order valence-electron chi connectivity index (χ0n) is 21.2. The minimum absolute atomic E-state index is 0.134. The van der Waals surface area contributed by atoms with Crippen molar-refractivity contribution >= 4 is 34.8 Å². The number of carbonyl (C=O) groups excluding carboxylic acids is 2. The van der Waals surface area contributed by atoms with E-state index in [0.717, 1.165) is 43.6 Å². The number of phenols is 1. The number of rotatable bonds is 9. The molecule has 1 aliphatic heterocycles. The van der Waals surface area contributed by atoms with Gasteiger partial charge in [0, 0.05) is 53.2 Å². The molecule has 0 spiro atoms. The first-order chi connectivity index (χ1) is 17.9. The van der Waals surface area contributed by atoms with Gasteiger partial charge in [-0.05, 0) is 105 Å². The van der Waals surface area contributed by atoms with E-state index in [-0.39, 0.29) is 11.8 Å². The molecule has 3 N–H and O–H groups in total. The normalized spacial score (nSPS) is 13.3. The van der Waals surface area contributed by atoms with Gasteiger partial charge in [-0.15, -0.1) is 0 Å². The Morgan fingerprint density at radius 2 is 1.54 bits per heavy atom. The number of aromatic hydroxyl groups is 1. The number of hydrogen-bond acceptors (Lipinski definition) is 4. The fourth-order valence-corrected chi connectivity index (χ4v) is 4.75. The monoisotopic (exact) mass is 519 g/mol. The van der Waals surface area contributed by atoms with Crippen molar-refractivity contribution in [3.05, 3.63) is 87.9 Å². The highest BCUT2D eigenvalue weighted by atomic mass is 35.5. The van der Waals surface area contributed by atoms with Gasteiger partial charge in [0.15, 0.2) is 0 Å². The summed E-state index contributed by atoms with van der Waals surface area (Å²) in [5.74, 6) is -0.0154. The quantitative estimate of drug-likeness (QED) is 0.288. The lowest BCUT2D eigenvalue weighted by Crippen LogP contribution is -2.30. The molecule has 1 fully saturated rings. The molecule has 7 heteroatoms. The van der Waals surface area contributed by atoms with E-state index in [1.165, 1.54) is 24.8 Å². The highest BCUT2D eigenvalue weighted by Gasteiger charge is 2.16. The summed E-state index contributed by atoms with van der Waals surface area (Å²) < 4.78 is 0. The van der Waals surface area contributed by atoms with Gasteiger partial charge in [-0.25, -0.2) is 0 Å². The Kier molecular flexibility index (Phi) is 9.07. The third kappa shape index (κ3) is 7.26. The van der Waals surface area contributed by atoms with Gasteiger partial charge in [0.05, 0.1) is 0 Å². The van der Waals surface area contributed by atoms with Crippen LogP contribution in [0.1, 0.15) is 63.9 Å². The molecular formula is C30H34ClN3O3. The zero-order valence-corrected chi connectivity index (χ0v) is 22.0. The lowest BCUT2D eigenvalue weighted by Gasteiger charge is -2.31. The van der Waals surface area contributed by atoms with Gasteiger partial charge in [-0.1, -0.05) is 17.7 Å². The number of carbonyl (C=O) groups is 2. The molecular weight excluding hydrogens is 486 g/mol. The molecule has 6 nitrogen and oxygen atoms in total. The predicted octanol–water partition coefficient (Wildman–Crippen LogP) is 6.35. The van der Waals surface area contributed by atoms with Gasteiger partial charge in [0.1, 0.15) is 5.75 Å². The average molecular weight is 520 g/mol. The van der Waals surface area contributed by atoms with E-state index in [0.29, 0.717) is 34.1 Å². The lowest BCUT2D eigenvalue weighted by atomic mass is 10.00. The van der Waals surface area contributed by atoms with Crippen molar-refractivity contribution in [1.82, 2.24) is 5.32 Å². The fraction of sp³-hybridized carbons (Fsp3) is 0.333. The van der Waals surface area contributed by atoms with Gasteiger partial charge in [0.2, 0.25) is 0 Å². The predicted molar refractivity (Wildman–Crippen MR) is 150 cm³/mol. The molecule has 0 unspecified atom stereocenters. The van der Waals surface area contributed by atoms with Crippen LogP contribution >= 0.6 is 11.6 Å². The summed E-state index contributed by atoms with van der Waals surface area (Å²) in [7, 11) is 0. The van der Waals surface area contributed by atoms with Gasteiger partial charge < -0.3 is 20.6 Å².